The van der Waals surface area contributed by atoms with Gasteiger partial charge in [-0.05, 0) is 24.3 Å². The molecule has 2 aromatic rings. The molecule has 0 atom stereocenters. The molecule has 0 aliphatic rings. The normalized spacial score (nSPS) is 10.1. The highest BCUT2D eigenvalue weighted by atomic mass is 35.5. The summed E-state index contributed by atoms with van der Waals surface area (Å²) in [6.45, 7) is 0. The molecule has 0 aliphatic heterocycles. The number of methoxy groups -OCH3 is 1. The highest BCUT2D eigenvalue weighted by Crippen LogP contribution is 2.25. The Kier molecular flexibility index (Phi) is 5.41. The minimum absolute atomic E-state index is 0.149. The van der Waals surface area contributed by atoms with Crippen LogP contribution in [-0.2, 0) is 0 Å². The van der Waals surface area contributed by atoms with Crippen LogP contribution in [0, 0.1) is 0 Å². The molecule has 2 amide bonds. The monoisotopic (exact) mass is 353 g/mol. The van der Waals surface area contributed by atoms with Crippen LogP contribution in [0.4, 0.5) is 5.69 Å². The van der Waals surface area contributed by atoms with Crippen LogP contribution in [0.3, 0.4) is 0 Å². The van der Waals surface area contributed by atoms with Gasteiger partial charge >= 0.3 is 0 Å². The molecule has 1 aromatic heterocycles. The zero-order valence-corrected chi connectivity index (χ0v) is 13.8. The predicted molar refractivity (Wildman–Crippen MR) is 88.6 cm³/mol. The minimum atomic E-state index is -0.467. The topological polar surface area (TPSA) is 80.3 Å². The van der Waals surface area contributed by atoms with Crippen LogP contribution >= 0.6 is 23.2 Å². The number of rotatable bonds is 4. The summed E-state index contributed by atoms with van der Waals surface area (Å²) < 4.78 is 5.14. The van der Waals surface area contributed by atoms with Gasteiger partial charge in [0.1, 0.15) is 10.9 Å². The Morgan fingerprint density at radius 2 is 1.87 bits per heavy atom. The quantitative estimate of drug-likeness (QED) is 0.828. The number of halogens is 2. The maximum absolute atomic E-state index is 12.5. The average molecular weight is 354 g/mol. The van der Waals surface area contributed by atoms with E-state index in [9.17, 15) is 9.59 Å². The first-order valence-corrected chi connectivity index (χ1v) is 7.24. The predicted octanol–water partition coefficient (Wildman–Crippen LogP) is 3.01. The molecule has 23 heavy (non-hydrogen) atoms. The summed E-state index contributed by atoms with van der Waals surface area (Å²) in [5, 5.41) is 5.69. The fraction of sp³-hybridized carbons (Fsp3) is 0.133. The maximum atomic E-state index is 12.5. The van der Waals surface area contributed by atoms with E-state index in [1.807, 2.05) is 0 Å². The van der Waals surface area contributed by atoms with E-state index in [1.54, 1.807) is 6.07 Å². The van der Waals surface area contributed by atoms with Crippen LogP contribution in [0.5, 0.6) is 5.75 Å². The zero-order valence-electron chi connectivity index (χ0n) is 12.3. The largest absolute Gasteiger partial charge is 0.496 e. The van der Waals surface area contributed by atoms with Gasteiger partial charge in [-0.2, -0.15) is 0 Å². The second-order valence-corrected chi connectivity index (χ2v) is 5.25. The molecule has 0 fully saturated rings. The fourth-order valence-electron chi connectivity index (χ4n) is 1.89. The Hall–Kier alpha value is -2.31. The summed E-state index contributed by atoms with van der Waals surface area (Å²) in [5.41, 5.74) is 0.706. The van der Waals surface area contributed by atoms with Gasteiger partial charge in [0.25, 0.3) is 11.8 Å². The smallest absolute Gasteiger partial charge is 0.259 e. The fourth-order valence-corrected chi connectivity index (χ4v) is 2.21. The summed E-state index contributed by atoms with van der Waals surface area (Å²) in [4.78, 5) is 28.1. The number of ether oxygens (including phenoxy) is 1. The zero-order chi connectivity index (χ0) is 17.0. The van der Waals surface area contributed by atoms with Gasteiger partial charge in [-0.3, -0.25) is 9.59 Å². The standard InChI is InChI=1S/C15H13Cl2N3O3/c1-18-14(21)10-7-19-13(17)6-11(10)20-15(22)9-4-3-8(16)5-12(9)23-2/h3-7H,1-2H3,(H,18,21)(H,19,20,22). The Morgan fingerprint density at radius 1 is 1.13 bits per heavy atom. The molecule has 0 aliphatic carbocycles. The van der Waals surface area contributed by atoms with E-state index in [2.05, 4.69) is 15.6 Å². The van der Waals surface area contributed by atoms with Gasteiger partial charge in [0.2, 0.25) is 0 Å². The number of aromatic nitrogens is 1. The van der Waals surface area contributed by atoms with E-state index in [0.717, 1.165) is 0 Å². The number of amides is 2. The van der Waals surface area contributed by atoms with Crippen molar-refractivity contribution in [2.45, 2.75) is 0 Å². The summed E-state index contributed by atoms with van der Waals surface area (Å²) in [6, 6.07) is 6.01. The van der Waals surface area contributed by atoms with E-state index in [4.69, 9.17) is 27.9 Å². The van der Waals surface area contributed by atoms with Gasteiger partial charge in [-0.15, -0.1) is 0 Å². The molecule has 0 bridgehead atoms. The highest BCUT2D eigenvalue weighted by molar-refractivity contribution is 6.31. The van der Waals surface area contributed by atoms with E-state index in [-0.39, 0.29) is 22.0 Å². The lowest BCUT2D eigenvalue weighted by atomic mass is 10.1. The summed E-state index contributed by atoms with van der Waals surface area (Å²) in [6.07, 6.45) is 1.29. The van der Waals surface area contributed by atoms with Gasteiger partial charge in [0.15, 0.2) is 0 Å². The molecule has 0 saturated heterocycles. The van der Waals surface area contributed by atoms with Crippen molar-refractivity contribution in [1.82, 2.24) is 10.3 Å². The highest BCUT2D eigenvalue weighted by Gasteiger charge is 2.17. The number of benzene rings is 1. The number of nitrogens with zero attached hydrogens (tertiary/aromatic N) is 1. The van der Waals surface area contributed by atoms with Crippen molar-refractivity contribution in [2.24, 2.45) is 0 Å². The molecule has 2 rings (SSSR count). The van der Waals surface area contributed by atoms with E-state index < -0.39 is 11.8 Å². The Bertz CT molecular complexity index is 766. The van der Waals surface area contributed by atoms with E-state index in [0.29, 0.717) is 10.8 Å². The lowest BCUT2D eigenvalue weighted by Crippen LogP contribution is -2.22. The summed E-state index contributed by atoms with van der Waals surface area (Å²) in [7, 11) is 2.91. The summed E-state index contributed by atoms with van der Waals surface area (Å²) >= 11 is 11.7. The van der Waals surface area contributed by atoms with Crippen LogP contribution in [-0.4, -0.2) is 31.0 Å². The number of carbonyl (C=O) groups excluding carboxylic acids is 2. The first-order chi connectivity index (χ1) is 11.0. The van der Waals surface area contributed by atoms with Crippen molar-refractivity contribution >= 4 is 40.7 Å². The van der Waals surface area contributed by atoms with Gasteiger partial charge in [0, 0.05) is 18.3 Å². The van der Waals surface area contributed by atoms with Crippen molar-refractivity contribution in [3.63, 3.8) is 0 Å². The molecule has 0 unspecified atom stereocenters. The van der Waals surface area contributed by atoms with E-state index in [1.165, 1.54) is 38.6 Å². The van der Waals surface area contributed by atoms with Gasteiger partial charge in [0.05, 0.1) is 23.9 Å². The number of nitrogens with one attached hydrogen (secondary N) is 2. The molecule has 0 radical (unpaired) electrons. The number of hydrogen-bond acceptors (Lipinski definition) is 4. The summed E-state index contributed by atoms with van der Waals surface area (Å²) in [5.74, 6) is -0.546. The van der Waals surface area contributed by atoms with Gasteiger partial charge in [-0.25, -0.2) is 4.98 Å². The molecule has 1 heterocycles. The molecule has 2 N–H and O–H groups in total. The lowest BCUT2D eigenvalue weighted by molar-refractivity contribution is 0.0963. The number of anilines is 1. The lowest BCUT2D eigenvalue weighted by Gasteiger charge is -2.12. The van der Waals surface area contributed by atoms with Crippen molar-refractivity contribution < 1.29 is 14.3 Å². The van der Waals surface area contributed by atoms with Crippen molar-refractivity contribution in [3.8, 4) is 5.75 Å². The molecule has 1 aromatic carbocycles. The van der Waals surface area contributed by atoms with Gasteiger partial charge < -0.3 is 15.4 Å². The Morgan fingerprint density at radius 3 is 2.52 bits per heavy atom. The number of hydrogen-bond donors (Lipinski definition) is 2. The first-order valence-electron chi connectivity index (χ1n) is 6.48. The SMILES string of the molecule is CNC(=O)c1cnc(Cl)cc1NC(=O)c1ccc(Cl)cc1OC. The maximum Gasteiger partial charge on any atom is 0.259 e. The van der Waals surface area contributed by atoms with Crippen molar-refractivity contribution in [2.75, 3.05) is 19.5 Å². The first kappa shape index (κ1) is 17.1. The van der Waals surface area contributed by atoms with Crippen LogP contribution in [0.15, 0.2) is 30.5 Å². The molecule has 120 valence electrons. The number of carbonyl (C=O) groups is 2. The third kappa shape index (κ3) is 3.91. The third-order valence-corrected chi connectivity index (χ3v) is 3.44. The molecule has 6 nitrogen and oxygen atoms in total. The second-order valence-electron chi connectivity index (χ2n) is 4.43. The number of pyridine rings is 1. The molecule has 8 heteroatoms. The van der Waals surface area contributed by atoms with Gasteiger partial charge in [-0.1, -0.05) is 23.2 Å². The molecular formula is C15H13Cl2N3O3. The van der Waals surface area contributed by atoms with Crippen molar-refractivity contribution in [1.29, 1.82) is 0 Å². The molecular weight excluding hydrogens is 341 g/mol. The van der Waals surface area contributed by atoms with Crippen LogP contribution in [0.25, 0.3) is 0 Å². The molecule has 0 spiro atoms. The third-order valence-electron chi connectivity index (χ3n) is 3.00. The van der Waals surface area contributed by atoms with Crippen molar-refractivity contribution in [3.05, 3.63) is 51.8 Å². The van der Waals surface area contributed by atoms with Crippen LogP contribution < -0.4 is 15.4 Å². The second kappa shape index (κ2) is 7.30. The van der Waals surface area contributed by atoms with E-state index >= 15 is 0 Å². The average Bonchev–Trinajstić information content (AvgIpc) is 2.54. The van der Waals surface area contributed by atoms with Crippen LogP contribution in [0.1, 0.15) is 20.7 Å². The molecule has 0 saturated carbocycles. The van der Waals surface area contributed by atoms with Crippen LogP contribution in [0.2, 0.25) is 10.2 Å². The Labute approximate surface area is 142 Å². The Balaban J connectivity index is 2.37. The minimum Gasteiger partial charge on any atom is -0.496 e.